The molecule has 3 aromatic rings. The van der Waals surface area contributed by atoms with Gasteiger partial charge in [-0.1, -0.05) is 0 Å². The predicted octanol–water partition coefficient (Wildman–Crippen LogP) is 3.71. The summed E-state index contributed by atoms with van der Waals surface area (Å²) in [6.45, 7) is 0. The molecule has 90 valence electrons. The zero-order chi connectivity index (χ0) is 12.5. The van der Waals surface area contributed by atoms with E-state index in [0.29, 0.717) is 0 Å². The molecule has 0 saturated carbocycles. The summed E-state index contributed by atoms with van der Waals surface area (Å²) in [4.78, 5) is 4.57. The summed E-state index contributed by atoms with van der Waals surface area (Å²) in [5.41, 5.74) is 3.10. The molecule has 3 nitrogen and oxygen atoms in total. The van der Waals surface area contributed by atoms with Gasteiger partial charge in [0, 0.05) is 18.3 Å². The van der Waals surface area contributed by atoms with Gasteiger partial charge in [-0.3, -0.25) is 0 Å². The van der Waals surface area contributed by atoms with Crippen LogP contribution in [0.15, 0.2) is 42.5 Å². The number of phenols is 1. The largest absolute Gasteiger partial charge is 0.508 e. The molecule has 0 aliphatic carbocycles. The third kappa shape index (κ3) is 1.91. The second-order valence-electron chi connectivity index (χ2n) is 4.00. The Kier molecular flexibility index (Phi) is 2.64. The van der Waals surface area contributed by atoms with Crippen molar-refractivity contribution < 1.29 is 5.11 Å². The molecule has 3 rings (SSSR count). The lowest BCUT2D eigenvalue weighted by Crippen LogP contribution is -1.86. The van der Waals surface area contributed by atoms with E-state index >= 15 is 0 Å². The Labute approximate surface area is 109 Å². The monoisotopic (exact) mass is 255 g/mol. The first-order valence-electron chi connectivity index (χ1n) is 5.64. The van der Waals surface area contributed by atoms with Crippen molar-refractivity contribution >= 4 is 27.2 Å². The number of aromatic hydroxyl groups is 1. The van der Waals surface area contributed by atoms with Crippen molar-refractivity contribution in [3.63, 3.8) is 0 Å². The Balaban J connectivity index is 2.07. The Bertz CT molecular complexity index is 689. The maximum Gasteiger partial charge on any atom is 0.124 e. The number of nitrogens with zero attached hydrogens (tertiary/aromatic N) is 1. The number of phenolic OH excluding ortho intramolecular Hbond substituents is 1. The van der Waals surface area contributed by atoms with E-state index in [2.05, 4.69) is 10.3 Å². The summed E-state index contributed by atoms with van der Waals surface area (Å²) >= 11 is 1.59. The number of hydrogen-bond acceptors (Lipinski definition) is 4. The molecule has 1 aromatic heterocycles. The van der Waals surface area contributed by atoms with Gasteiger partial charge in [0.15, 0.2) is 0 Å². The van der Waals surface area contributed by atoms with E-state index in [-0.39, 0.29) is 5.75 Å². The Morgan fingerprint density at radius 1 is 1.11 bits per heavy atom. The quantitative estimate of drug-likeness (QED) is 0.733. The highest BCUT2D eigenvalue weighted by atomic mass is 32.1. The van der Waals surface area contributed by atoms with Crippen LogP contribution >= 0.6 is 11.3 Å². The number of thiazole rings is 1. The van der Waals surface area contributed by atoms with E-state index in [4.69, 9.17) is 0 Å². The van der Waals surface area contributed by atoms with E-state index in [1.807, 2.05) is 37.4 Å². The standard InChI is InChI=1S/C14H12N2OS/c1-15-10-4-2-9(3-5-10)14-16-12-7-6-11(17)8-13(12)18-14/h2-8,15,17H,1H3/i1-1. The van der Waals surface area contributed by atoms with E-state index in [1.165, 1.54) is 0 Å². The lowest BCUT2D eigenvalue weighted by molar-refractivity contribution is 0.476. The van der Waals surface area contributed by atoms with E-state index in [0.717, 1.165) is 26.5 Å². The van der Waals surface area contributed by atoms with Crippen molar-refractivity contribution in [3.8, 4) is 16.3 Å². The van der Waals surface area contributed by atoms with Crippen LogP contribution in [0.5, 0.6) is 5.75 Å². The van der Waals surface area contributed by atoms with Crippen molar-refractivity contribution in [1.29, 1.82) is 0 Å². The number of benzene rings is 2. The molecule has 2 N–H and O–H groups in total. The summed E-state index contributed by atoms with van der Waals surface area (Å²) in [5.74, 6) is 0.281. The van der Waals surface area contributed by atoms with Crippen LogP contribution < -0.4 is 5.32 Å². The van der Waals surface area contributed by atoms with Crippen LogP contribution in [-0.4, -0.2) is 17.1 Å². The number of anilines is 1. The normalized spacial score (nSPS) is 10.7. The van der Waals surface area contributed by atoms with Crippen LogP contribution in [0.3, 0.4) is 0 Å². The molecule has 0 aliphatic heterocycles. The summed E-state index contributed by atoms with van der Waals surface area (Å²) in [6, 6.07) is 13.4. The highest BCUT2D eigenvalue weighted by molar-refractivity contribution is 7.21. The van der Waals surface area contributed by atoms with Crippen LogP contribution in [-0.2, 0) is 0 Å². The van der Waals surface area contributed by atoms with Gasteiger partial charge in [-0.2, -0.15) is 0 Å². The van der Waals surface area contributed by atoms with Crippen LogP contribution in [0.4, 0.5) is 5.69 Å². The van der Waals surface area contributed by atoms with Crippen molar-refractivity contribution in [2.75, 3.05) is 12.4 Å². The maximum atomic E-state index is 9.45. The number of hydrogen-bond donors (Lipinski definition) is 2. The molecule has 0 spiro atoms. The van der Waals surface area contributed by atoms with Gasteiger partial charge in [0.2, 0.25) is 0 Å². The summed E-state index contributed by atoms with van der Waals surface area (Å²) in [6.07, 6.45) is 0. The zero-order valence-corrected chi connectivity index (χ0v) is 10.7. The SMILES string of the molecule is [11CH3]Nc1ccc(-c2nc3ccc(O)cc3s2)cc1. The van der Waals surface area contributed by atoms with E-state index in [9.17, 15) is 5.11 Å². The highest BCUT2D eigenvalue weighted by Gasteiger charge is 2.06. The van der Waals surface area contributed by atoms with Gasteiger partial charge in [0.1, 0.15) is 10.8 Å². The average Bonchev–Trinajstić information content (AvgIpc) is 2.81. The second kappa shape index (κ2) is 4.31. The fourth-order valence-corrected chi connectivity index (χ4v) is 2.82. The van der Waals surface area contributed by atoms with Gasteiger partial charge in [0.05, 0.1) is 10.2 Å². The lowest BCUT2D eigenvalue weighted by Gasteiger charge is -2.00. The van der Waals surface area contributed by atoms with E-state index < -0.39 is 0 Å². The maximum absolute atomic E-state index is 9.45. The number of aromatic nitrogens is 1. The minimum absolute atomic E-state index is 0.281. The third-order valence-electron chi connectivity index (χ3n) is 2.79. The molecule has 0 radical (unpaired) electrons. The van der Waals surface area contributed by atoms with Gasteiger partial charge in [-0.05, 0) is 42.5 Å². The highest BCUT2D eigenvalue weighted by Crippen LogP contribution is 2.32. The fourth-order valence-electron chi connectivity index (χ4n) is 1.82. The van der Waals surface area contributed by atoms with Crippen molar-refractivity contribution in [3.05, 3.63) is 42.5 Å². The molecule has 0 aliphatic rings. The Morgan fingerprint density at radius 3 is 2.61 bits per heavy atom. The molecular formula is C14H12N2OS. The fraction of sp³-hybridized carbons (Fsp3) is 0.0714. The minimum Gasteiger partial charge on any atom is -0.508 e. The van der Waals surface area contributed by atoms with E-state index in [1.54, 1.807) is 23.5 Å². The number of fused-ring (bicyclic) bond motifs is 1. The van der Waals surface area contributed by atoms with Crippen LogP contribution in [0.25, 0.3) is 20.8 Å². The molecule has 0 unspecified atom stereocenters. The molecule has 0 saturated heterocycles. The number of rotatable bonds is 2. The van der Waals surface area contributed by atoms with Gasteiger partial charge in [-0.25, -0.2) is 4.98 Å². The molecule has 0 amide bonds. The lowest BCUT2D eigenvalue weighted by atomic mass is 10.2. The minimum atomic E-state index is 0.281. The number of nitrogens with one attached hydrogen (secondary N) is 1. The Morgan fingerprint density at radius 2 is 1.89 bits per heavy atom. The molecule has 0 fully saturated rings. The van der Waals surface area contributed by atoms with Crippen LogP contribution in [0, 0.1) is 0 Å². The molecule has 2 aromatic carbocycles. The molecule has 1 heterocycles. The van der Waals surface area contributed by atoms with Crippen molar-refractivity contribution in [2.24, 2.45) is 0 Å². The van der Waals surface area contributed by atoms with Gasteiger partial charge < -0.3 is 10.4 Å². The molecule has 18 heavy (non-hydrogen) atoms. The van der Waals surface area contributed by atoms with Crippen molar-refractivity contribution in [1.82, 2.24) is 4.98 Å². The third-order valence-corrected chi connectivity index (χ3v) is 3.86. The van der Waals surface area contributed by atoms with Crippen LogP contribution in [0.1, 0.15) is 0 Å². The summed E-state index contributed by atoms with van der Waals surface area (Å²) < 4.78 is 1.00. The average molecular weight is 255 g/mol. The van der Waals surface area contributed by atoms with Gasteiger partial charge in [0.25, 0.3) is 0 Å². The first-order chi connectivity index (χ1) is 8.76. The molecule has 4 heteroatoms. The molecular weight excluding hydrogens is 243 g/mol. The summed E-state index contributed by atoms with van der Waals surface area (Å²) in [7, 11) is 1.90. The molecule has 0 bridgehead atoms. The van der Waals surface area contributed by atoms with Crippen molar-refractivity contribution in [2.45, 2.75) is 0 Å². The second-order valence-corrected chi connectivity index (χ2v) is 5.03. The predicted molar refractivity (Wildman–Crippen MR) is 76.3 cm³/mol. The first kappa shape index (κ1) is 11.0. The van der Waals surface area contributed by atoms with Gasteiger partial charge in [-0.15, -0.1) is 11.3 Å². The van der Waals surface area contributed by atoms with Crippen LogP contribution in [0.2, 0.25) is 0 Å². The van der Waals surface area contributed by atoms with Gasteiger partial charge >= 0.3 is 0 Å². The topological polar surface area (TPSA) is 45.2 Å². The zero-order valence-electron chi connectivity index (χ0n) is 9.84. The smallest absolute Gasteiger partial charge is 0.124 e. The first-order valence-corrected chi connectivity index (χ1v) is 6.45. The Hall–Kier alpha value is -2.07. The summed E-state index contributed by atoms with van der Waals surface area (Å²) in [5, 5.41) is 13.5. The molecule has 0 atom stereocenters.